The molecule has 3 heterocycles. The van der Waals surface area contributed by atoms with E-state index in [-0.39, 0.29) is 5.91 Å². The number of aromatic nitrogens is 3. The lowest BCUT2D eigenvalue weighted by Crippen LogP contribution is -2.51. The molecule has 2 aliphatic heterocycles. The Morgan fingerprint density at radius 2 is 1.84 bits per heavy atom. The average Bonchev–Trinajstić information content (AvgIpc) is 3.33. The zero-order valence-corrected chi connectivity index (χ0v) is 17.3. The summed E-state index contributed by atoms with van der Waals surface area (Å²) >= 11 is 0. The van der Waals surface area contributed by atoms with Crippen LogP contribution in [0.2, 0.25) is 0 Å². The van der Waals surface area contributed by atoms with Crippen LogP contribution >= 0.6 is 0 Å². The van der Waals surface area contributed by atoms with Crippen molar-refractivity contribution in [2.45, 2.75) is 32.2 Å². The summed E-state index contributed by atoms with van der Waals surface area (Å²) in [6.45, 7) is 4.50. The smallest absolute Gasteiger partial charge is 0.223 e. The van der Waals surface area contributed by atoms with Gasteiger partial charge in [-0.15, -0.1) is 0 Å². The Morgan fingerprint density at radius 1 is 1.03 bits per heavy atom. The highest BCUT2D eigenvalue weighted by Crippen LogP contribution is 2.28. The topological polar surface area (TPSA) is 54.3 Å². The third-order valence-electron chi connectivity index (χ3n) is 5.99. The zero-order chi connectivity index (χ0) is 21.5. The standard InChI is InChI=1S/C23H23F2N5O/c1-15-6-16(8-20(7-15)28-4-5-29-19(13-28)2-3-23(29)31)9-22-26-14-30(27-22)21-11-17(24)10-18(25)12-21/h6-8,10-12,14,19H,2-5,9,13H2,1H3. The molecule has 3 aromatic rings. The minimum atomic E-state index is -0.653. The second kappa shape index (κ2) is 7.76. The van der Waals surface area contributed by atoms with Crippen LogP contribution in [0, 0.1) is 18.6 Å². The highest BCUT2D eigenvalue weighted by molar-refractivity contribution is 5.79. The van der Waals surface area contributed by atoms with Crippen molar-refractivity contribution >= 4 is 11.6 Å². The summed E-state index contributed by atoms with van der Waals surface area (Å²) in [7, 11) is 0. The van der Waals surface area contributed by atoms with Gasteiger partial charge in [-0.25, -0.2) is 18.4 Å². The molecular formula is C23H23F2N5O. The summed E-state index contributed by atoms with van der Waals surface area (Å²) in [6.07, 6.45) is 3.56. The number of amides is 1. The highest BCUT2D eigenvalue weighted by Gasteiger charge is 2.35. The highest BCUT2D eigenvalue weighted by atomic mass is 19.1. The van der Waals surface area contributed by atoms with Crippen molar-refractivity contribution in [3.8, 4) is 5.69 Å². The number of halogens is 2. The van der Waals surface area contributed by atoms with Crippen molar-refractivity contribution in [1.82, 2.24) is 19.7 Å². The summed E-state index contributed by atoms with van der Waals surface area (Å²) in [4.78, 5) is 20.6. The number of carbonyl (C=O) groups is 1. The van der Waals surface area contributed by atoms with Gasteiger partial charge in [0.05, 0.1) is 5.69 Å². The molecule has 0 radical (unpaired) electrons. The minimum absolute atomic E-state index is 0.273. The van der Waals surface area contributed by atoms with Crippen molar-refractivity contribution in [3.05, 3.63) is 71.3 Å². The van der Waals surface area contributed by atoms with Crippen molar-refractivity contribution < 1.29 is 13.6 Å². The molecule has 8 heteroatoms. The van der Waals surface area contributed by atoms with E-state index in [4.69, 9.17) is 0 Å². The van der Waals surface area contributed by atoms with E-state index in [0.29, 0.717) is 30.4 Å². The maximum Gasteiger partial charge on any atom is 0.223 e. The van der Waals surface area contributed by atoms with E-state index in [1.807, 2.05) is 4.90 Å². The van der Waals surface area contributed by atoms with E-state index >= 15 is 0 Å². The number of aryl methyl sites for hydroxylation is 1. The maximum absolute atomic E-state index is 13.5. The van der Waals surface area contributed by atoms with E-state index < -0.39 is 11.6 Å². The zero-order valence-electron chi connectivity index (χ0n) is 17.3. The number of hydrogen-bond acceptors (Lipinski definition) is 4. The Kier molecular flexibility index (Phi) is 4.92. The molecule has 1 aromatic heterocycles. The van der Waals surface area contributed by atoms with Crippen molar-refractivity contribution in [3.63, 3.8) is 0 Å². The molecule has 2 saturated heterocycles. The molecule has 0 N–H and O–H groups in total. The van der Waals surface area contributed by atoms with Crippen molar-refractivity contribution in [2.24, 2.45) is 0 Å². The third kappa shape index (κ3) is 4.02. The Labute approximate surface area is 179 Å². The number of fused-ring (bicyclic) bond motifs is 1. The van der Waals surface area contributed by atoms with Gasteiger partial charge in [0.2, 0.25) is 5.91 Å². The largest absolute Gasteiger partial charge is 0.368 e. The monoisotopic (exact) mass is 423 g/mol. The van der Waals surface area contributed by atoms with Gasteiger partial charge >= 0.3 is 0 Å². The fraction of sp³-hybridized carbons (Fsp3) is 0.348. The summed E-state index contributed by atoms with van der Waals surface area (Å²) < 4.78 is 28.4. The fourth-order valence-corrected chi connectivity index (χ4v) is 4.58. The first-order chi connectivity index (χ1) is 14.9. The molecule has 5 rings (SSSR count). The molecule has 160 valence electrons. The first-order valence-electron chi connectivity index (χ1n) is 10.5. The van der Waals surface area contributed by atoms with E-state index in [1.165, 1.54) is 23.1 Å². The lowest BCUT2D eigenvalue weighted by Gasteiger charge is -2.39. The van der Waals surface area contributed by atoms with E-state index in [1.54, 1.807) is 0 Å². The van der Waals surface area contributed by atoms with Crippen LogP contribution in [-0.2, 0) is 11.2 Å². The maximum atomic E-state index is 13.5. The molecule has 0 spiro atoms. The molecule has 0 bridgehead atoms. The van der Waals surface area contributed by atoms with Crippen LogP contribution < -0.4 is 4.90 Å². The summed E-state index contributed by atoms with van der Waals surface area (Å²) in [5, 5.41) is 4.40. The lowest BCUT2D eigenvalue weighted by atomic mass is 10.0. The van der Waals surface area contributed by atoms with Crippen molar-refractivity contribution in [2.75, 3.05) is 24.5 Å². The quantitative estimate of drug-likeness (QED) is 0.647. The van der Waals surface area contributed by atoms with Gasteiger partial charge in [-0.1, -0.05) is 6.07 Å². The summed E-state index contributed by atoms with van der Waals surface area (Å²) in [5.74, 6) is -0.458. The van der Waals surface area contributed by atoms with E-state index in [2.05, 4.69) is 40.1 Å². The molecule has 1 unspecified atom stereocenters. The fourth-order valence-electron chi connectivity index (χ4n) is 4.58. The molecule has 6 nitrogen and oxygen atoms in total. The molecule has 1 atom stereocenters. The Balaban J connectivity index is 1.34. The van der Waals surface area contributed by atoms with Gasteiger partial charge in [0.25, 0.3) is 0 Å². The minimum Gasteiger partial charge on any atom is -0.368 e. The van der Waals surface area contributed by atoms with E-state index in [9.17, 15) is 13.6 Å². The van der Waals surface area contributed by atoms with Gasteiger partial charge in [0.15, 0.2) is 5.82 Å². The van der Waals surface area contributed by atoms with Crippen LogP contribution in [0.3, 0.4) is 0 Å². The average molecular weight is 423 g/mol. The predicted octanol–water partition coefficient (Wildman–Crippen LogP) is 3.26. The number of benzene rings is 2. The molecule has 31 heavy (non-hydrogen) atoms. The van der Waals surface area contributed by atoms with Crippen LogP contribution in [0.1, 0.15) is 29.8 Å². The van der Waals surface area contributed by atoms with Gasteiger partial charge in [0.1, 0.15) is 18.0 Å². The van der Waals surface area contributed by atoms with E-state index in [0.717, 1.165) is 48.9 Å². The second-order valence-electron chi connectivity index (χ2n) is 8.31. The molecule has 2 aromatic carbocycles. The lowest BCUT2D eigenvalue weighted by molar-refractivity contribution is -0.129. The summed E-state index contributed by atoms with van der Waals surface area (Å²) in [5.41, 5.74) is 3.65. The van der Waals surface area contributed by atoms with Gasteiger partial charge in [-0.05, 0) is 48.7 Å². The molecule has 1 amide bonds. The number of anilines is 1. The van der Waals surface area contributed by atoms with Crippen molar-refractivity contribution in [1.29, 1.82) is 0 Å². The summed E-state index contributed by atoms with van der Waals surface area (Å²) in [6, 6.07) is 9.98. The SMILES string of the molecule is Cc1cc(Cc2ncn(-c3cc(F)cc(F)c3)n2)cc(N2CCN3C(=O)CCC3C2)c1. The number of rotatable bonds is 4. The number of carbonyl (C=O) groups excluding carboxylic acids is 1. The van der Waals surface area contributed by atoms with Gasteiger partial charge < -0.3 is 9.80 Å². The number of piperazine rings is 1. The van der Waals surface area contributed by atoms with Crippen LogP contribution in [0.5, 0.6) is 0 Å². The molecule has 0 aliphatic carbocycles. The number of hydrogen-bond donors (Lipinski definition) is 0. The predicted molar refractivity (Wildman–Crippen MR) is 112 cm³/mol. The van der Waals surface area contributed by atoms with Crippen LogP contribution in [0.25, 0.3) is 5.69 Å². The molecule has 2 aliphatic rings. The molecule has 0 saturated carbocycles. The number of nitrogens with zero attached hydrogens (tertiary/aromatic N) is 5. The Morgan fingerprint density at radius 3 is 2.65 bits per heavy atom. The van der Waals surface area contributed by atoms with Crippen LogP contribution in [0.15, 0.2) is 42.7 Å². The molecule has 2 fully saturated rings. The van der Waals surface area contributed by atoms with Gasteiger partial charge in [0, 0.05) is 50.3 Å². The second-order valence-corrected chi connectivity index (χ2v) is 8.31. The Bertz CT molecular complexity index is 1120. The Hall–Kier alpha value is -3.29. The third-order valence-corrected chi connectivity index (χ3v) is 5.99. The van der Waals surface area contributed by atoms with Gasteiger partial charge in [-0.2, -0.15) is 5.10 Å². The normalized spacial score (nSPS) is 18.5. The molecular weight excluding hydrogens is 400 g/mol. The van der Waals surface area contributed by atoms with Gasteiger partial charge in [-0.3, -0.25) is 4.79 Å². The van der Waals surface area contributed by atoms with Crippen LogP contribution in [0.4, 0.5) is 14.5 Å². The first-order valence-corrected chi connectivity index (χ1v) is 10.5. The first kappa shape index (κ1) is 19.7. The van der Waals surface area contributed by atoms with Crippen LogP contribution in [-0.4, -0.2) is 51.2 Å².